The summed E-state index contributed by atoms with van der Waals surface area (Å²) < 4.78 is 6.75. The standard InChI is InChI=1S/C9H14BrNOSi/c1-13(2,3)12-9-5-7(10)4-8(11)6-9/h4-6H,11H2,1-3H3. The van der Waals surface area contributed by atoms with Crippen LogP contribution in [-0.2, 0) is 0 Å². The quantitative estimate of drug-likeness (QED) is 0.654. The average Bonchev–Trinajstić information content (AvgIpc) is 1.78. The van der Waals surface area contributed by atoms with Crippen molar-refractivity contribution in [1.29, 1.82) is 0 Å². The van der Waals surface area contributed by atoms with Crippen LogP contribution >= 0.6 is 15.9 Å². The molecular weight excluding hydrogens is 246 g/mol. The molecule has 0 fully saturated rings. The van der Waals surface area contributed by atoms with Crippen LogP contribution in [0.4, 0.5) is 5.69 Å². The Bertz CT molecular complexity index is 289. The van der Waals surface area contributed by atoms with Crippen molar-refractivity contribution in [2.75, 3.05) is 5.73 Å². The molecule has 0 heterocycles. The minimum atomic E-state index is -1.52. The second-order valence-corrected chi connectivity index (χ2v) is 9.28. The highest BCUT2D eigenvalue weighted by atomic mass is 79.9. The van der Waals surface area contributed by atoms with Gasteiger partial charge in [-0.2, -0.15) is 0 Å². The summed E-state index contributed by atoms with van der Waals surface area (Å²) in [6, 6.07) is 5.65. The Hall–Kier alpha value is -0.483. The van der Waals surface area contributed by atoms with Crippen LogP contribution < -0.4 is 10.2 Å². The second kappa shape index (κ2) is 3.72. The summed E-state index contributed by atoms with van der Waals surface area (Å²) >= 11 is 3.38. The Morgan fingerprint density at radius 3 is 2.31 bits per heavy atom. The van der Waals surface area contributed by atoms with Crippen molar-refractivity contribution in [3.8, 4) is 5.75 Å². The fraction of sp³-hybridized carbons (Fsp3) is 0.333. The number of nitrogens with two attached hydrogens (primary N) is 1. The number of hydrogen-bond acceptors (Lipinski definition) is 2. The highest BCUT2D eigenvalue weighted by Crippen LogP contribution is 2.24. The topological polar surface area (TPSA) is 35.2 Å². The summed E-state index contributed by atoms with van der Waals surface area (Å²) in [5.74, 6) is 0.853. The van der Waals surface area contributed by atoms with E-state index in [9.17, 15) is 0 Å². The lowest BCUT2D eigenvalue weighted by Crippen LogP contribution is -2.29. The van der Waals surface area contributed by atoms with Crippen LogP contribution in [0.15, 0.2) is 22.7 Å². The van der Waals surface area contributed by atoms with Gasteiger partial charge in [-0.1, -0.05) is 15.9 Å². The third-order valence-electron chi connectivity index (χ3n) is 1.32. The van der Waals surface area contributed by atoms with Gasteiger partial charge in [-0.3, -0.25) is 0 Å². The van der Waals surface area contributed by atoms with E-state index in [2.05, 4.69) is 35.6 Å². The molecule has 0 aliphatic heterocycles. The maximum absolute atomic E-state index is 5.79. The number of benzene rings is 1. The van der Waals surface area contributed by atoms with Gasteiger partial charge >= 0.3 is 0 Å². The fourth-order valence-corrected chi connectivity index (χ4v) is 2.31. The minimum absolute atomic E-state index is 0.725. The highest BCUT2D eigenvalue weighted by Gasteiger charge is 2.16. The maximum atomic E-state index is 5.79. The number of hydrogen-bond donors (Lipinski definition) is 1. The molecule has 1 aromatic carbocycles. The zero-order valence-electron chi connectivity index (χ0n) is 8.10. The van der Waals surface area contributed by atoms with Crippen molar-refractivity contribution in [2.24, 2.45) is 0 Å². The zero-order valence-corrected chi connectivity index (χ0v) is 10.7. The van der Waals surface area contributed by atoms with Crippen LogP contribution in [0.2, 0.25) is 19.6 Å². The summed E-state index contributed by atoms with van der Waals surface area (Å²) in [6.45, 7) is 6.43. The van der Waals surface area contributed by atoms with E-state index in [4.69, 9.17) is 10.2 Å². The van der Waals surface area contributed by atoms with E-state index in [1.54, 1.807) is 0 Å². The second-order valence-electron chi connectivity index (χ2n) is 3.93. The number of rotatable bonds is 2. The molecule has 72 valence electrons. The maximum Gasteiger partial charge on any atom is 0.242 e. The van der Waals surface area contributed by atoms with Gasteiger partial charge in [0, 0.05) is 16.2 Å². The van der Waals surface area contributed by atoms with Gasteiger partial charge in [0.05, 0.1) is 0 Å². The molecule has 1 rings (SSSR count). The third-order valence-corrected chi connectivity index (χ3v) is 2.62. The van der Waals surface area contributed by atoms with Crippen molar-refractivity contribution in [3.63, 3.8) is 0 Å². The summed E-state index contributed by atoms with van der Waals surface area (Å²) in [4.78, 5) is 0. The fourth-order valence-electron chi connectivity index (χ4n) is 0.997. The normalized spacial score (nSPS) is 11.4. The van der Waals surface area contributed by atoms with Gasteiger partial charge in [-0.05, 0) is 31.8 Å². The van der Waals surface area contributed by atoms with Crippen molar-refractivity contribution in [3.05, 3.63) is 22.7 Å². The molecule has 0 radical (unpaired) electrons. The Morgan fingerprint density at radius 2 is 1.85 bits per heavy atom. The molecule has 0 amide bonds. The van der Waals surface area contributed by atoms with Crippen molar-refractivity contribution < 1.29 is 4.43 Å². The van der Waals surface area contributed by atoms with Gasteiger partial charge in [-0.25, -0.2) is 0 Å². The number of nitrogen functional groups attached to an aromatic ring is 1. The zero-order chi connectivity index (χ0) is 10.1. The van der Waals surface area contributed by atoms with E-state index < -0.39 is 8.32 Å². The lowest BCUT2D eigenvalue weighted by Gasteiger charge is -2.19. The average molecular weight is 260 g/mol. The molecule has 2 N–H and O–H groups in total. The Morgan fingerprint density at radius 1 is 1.23 bits per heavy atom. The van der Waals surface area contributed by atoms with Crippen LogP contribution in [0.3, 0.4) is 0 Å². The molecule has 0 atom stereocenters. The van der Waals surface area contributed by atoms with Crippen molar-refractivity contribution >= 4 is 29.9 Å². The van der Waals surface area contributed by atoms with Crippen LogP contribution in [0, 0.1) is 0 Å². The molecule has 1 aromatic rings. The van der Waals surface area contributed by atoms with Gasteiger partial charge < -0.3 is 10.2 Å². The number of anilines is 1. The summed E-state index contributed by atoms with van der Waals surface area (Å²) in [6.07, 6.45) is 0. The van der Waals surface area contributed by atoms with Crippen LogP contribution in [0.5, 0.6) is 5.75 Å². The van der Waals surface area contributed by atoms with E-state index in [1.807, 2.05) is 18.2 Å². The van der Waals surface area contributed by atoms with E-state index in [0.29, 0.717) is 0 Å². The first kappa shape index (κ1) is 10.6. The molecule has 0 spiro atoms. The summed E-state index contributed by atoms with van der Waals surface area (Å²) in [5, 5.41) is 0. The van der Waals surface area contributed by atoms with E-state index in [1.165, 1.54) is 0 Å². The smallest absolute Gasteiger partial charge is 0.242 e. The van der Waals surface area contributed by atoms with Gasteiger partial charge in [0.25, 0.3) is 0 Å². The Labute approximate surface area is 88.4 Å². The van der Waals surface area contributed by atoms with E-state index in [-0.39, 0.29) is 0 Å². The molecule has 0 aliphatic rings. The Kier molecular flexibility index (Phi) is 3.03. The van der Waals surface area contributed by atoms with Crippen molar-refractivity contribution in [1.82, 2.24) is 0 Å². The van der Waals surface area contributed by atoms with E-state index in [0.717, 1.165) is 15.9 Å². The minimum Gasteiger partial charge on any atom is -0.544 e. The predicted molar refractivity (Wildman–Crippen MR) is 62.5 cm³/mol. The first-order chi connectivity index (χ1) is 5.87. The van der Waals surface area contributed by atoms with Crippen LogP contribution in [0.1, 0.15) is 0 Å². The molecule has 13 heavy (non-hydrogen) atoms. The van der Waals surface area contributed by atoms with E-state index >= 15 is 0 Å². The first-order valence-corrected chi connectivity index (χ1v) is 8.32. The van der Waals surface area contributed by atoms with Gasteiger partial charge in [0.15, 0.2) is 0 Å². The predicted octanol–water partition coefficient (Wildman–Crippen LogP) is 3.25. The first-order valence-electron chi connectivity index (χ1n) is 4.12. The molecule has 2 nitrogen and oxygen atoms in total. The lowest BCUT2D eigenvalue weighted by molar-refractivity contribution is 0.557. The molecule has 0 aromatic heterocycles. The molecule has 0 bridgehead atoms. The monoisotopic (exact) mass is 259 g/mol. The lowest BCUT2D eigenvalue weighted by atomic mass is 10.3. The molecule has 0 aliphatic carbocycles. The molecule has 0 saturated heterocycles. The highest BCUT2D eigenvalue weighted by molar-refractivity contribution is 9.10. The third kappa shape index (κ3) is 3.82. The summed E-state index contributed by atoms with van der Waals surface area (Å²) in [7, 11) is -1.52. The Balaban J connectivity index is 2.90. The van der Waals surface area contributed by atoms with Crippen molar-refractivity contribution in [2.45, 2.75) is 19.6 Å². The molecule has 0 saturated carbocycles. The van der Waals surface area contributed by atoms with Gasteiger partial charge in [0.1, 0.15) is 5.75 Å². The van der Waals surface area contributed by atoms with Gasteiger partial charge in [0.2, 0.25) is 8.32 Å². The van der Waals surface area contributed by atoms with Crippen LogP contribution in [-0.4, -0.2) is 8.32 Å². The largest absolute Gasteiger partial charge is 0.544 e. The van der Waals surface area contributed by atoms with Crippen LogP contribution in [0.25, 0.3) is 0 Å². The molecule has 0 unspecified atom stereocenters. The summed E-state index contributed by atoms with van der Waals surface area (Å²) in [5.41, 5.74) is 6.41. The molecule has 4 heteroatoms. The van der Waals surface area contributed by atoms with Gasteiger partial charge in [-0.15, -0.1) is 0 Å². The number of halogens is 1. The molecular formula is C9H14BrNOSi. The SMILES string of the molecule is C[Si](C)(C)Oc1cc(N)cc(Br)c1.